The molecular formula is C22H24F3N3O3. The van der Waals surface area contributed by atoms with Gasteiger partial charge in [-0.3, -0.25) is 4.79 Å². The molecule has 4 rings (SSSR count). The molecule has 0 spiro atoms. The van der Waals surface area contributed by atoms with Crippen LogP contribution in [0.3, 0.4) is 0 Å². The van der Waals surface area contributed by atoms with Gasteiger partial charge >= 0.3 is 6.18 Å². The molecule has 1 aliphatic heterocycles. The van der Waals surface area contributed by atoms with E-state index in [0.717, 1.165) is 30.8 Å². The first-order valence-electron chi connectivity index (χ1n) is 10.3. The van der Waals surface area contributed by atoms with E-state index in [2.05, 4.69) is 9.97 Å². The molecule has 2 aromatic heterocycles. The van der Waals surface area contributed by atoms with E-state index >= 15 is 0 Å². The second kappa shape index (κ2) is 8.36. The summed E-state index contributed by atoms with van der Waals surface area (Å²) < 4.78 is 49.4. The number of ether oxygens (including phenoxy) is 2. The van der Waals surface area contributed by atoms with Crippen molar-refractivity contribution < 1.29 is 27.4 Å². The van der Waals surface area contributed by atoms with Gasteiger partial charge < -0.3 is 14.4 Å². The number of carbonyl (C=O) groups is 1. The molecule has 0 N–H and O–H groups in total. The topological polar surface area (TPSA) is 64.5 Å². The number of aromatic nitrogens is 2. The number of alkyl halides is 3. The molecular weight excluding hydrogens is 411 g/mol. The Morgan fingerprint density at radius 2 is 1.97 bits per heavy atom. The van der Waals surface area contributed by atoms with Crippen LogP contribution in [0.1, 0.15) is 41.5 Å². The van der Waals surface area contributed by atoms with Crippen molar-refractivity contribution in [2.45, 2.75) is 38.9 Å². The summed E-state index contributed by atoms with van der Waals surface area (Å²) in [6.45, 7) is 4.85. The first-order chi connectivity index (χ1) is 14.8. The van der Waals surface area contributed by atoms with Gasteiger partial charge in [0, 0.05) is 24.5 Å². The summed E-state index contributed by atoms with van der Waals surface area (Å²) in [7, 11) is 0. The van der Waals surface area contributed by atoms with Crippen LogP contribution in [-0.2, 0) is 6.18 Å². The zero-order chi connectivity index (χ0) is 22.2. The Labute approximate surface area is 178 Å². The van der Waals surface area contributed by atoms with Crippen LogP contribution >= 0.6 is 0 Å². The molecule has 3 atom stereocenters. The lowest BCUT2D eigenvalue weighted by atomic mass is 10.0. The Kier molecular flexibility index (Phi) is 5.77. The number of nitrogens with zero attached hydrogens (tertiary/aromatic N) is 3. The van der Waals surface area contributed by atoms with Crippen molar-refractivity contribution in [2.24, 2.45) is 11.8 Å². The van der Waals surface area contributed by atoms with E-state index in [4.69, 9.17) is 9.47 Å². The molecule has 1 saturated heterocycles. The molecule has 2 fully saturated rings. The van der Waals surface area contributed by atoms with Gasteiger partial charge in [0.15, 0.2) is 11.4 Å². The Balaban J connectivity index is 1.49. The molecule has 0 bridgehead atoms. The number of rotatable bonds is 6. The minimum atomic E-state index is -4.45. The SMILES string of the molecule is CCOc1ccc(C)nc1C(=O)N1C[C@@H]2CC2C[C@H]1COc1ccc(C(F)(F)F)cn1. The molecule has 0 radical (unpaired) electrons. The third-order valence-electron chi connectivity index (χ3n) is 5.76. The lowest BCUT2D eigenvalue weighted by molar-refractivity contribution is -0.137. The molecule has 1 unspecified atom stereocenters. The quantitative estimate of drug-likeness (QED) is 0.683. The number of halogens is 3. The number of carbonyl (C=O) groups excluding carboxylic acids is 1. The van der Waals surface area contributed by atoms with Gasteiger partial charge in [-0.25, -0.2) is 9.97 Å². The summed E-state index contributed by atoms with van der Waals surface area (Å²) in [4.78, 5) is 23.3. The van der Waals surface area contributed by atoms with Crippen molar-refractivity contribution in [3.05, 3.63) is 47.4 Å². The van der Waals surface area contributed by atoms with Crippen LogP contribution in [0.4, 0.5) is 13.2 Å². The second-order valence-electron chi connectivity index (χ2n) is 8.03. The number of hydrogen-bond donors (Lipinski definition) is 0. The third kappa shape index (κ3) is 4.75. The molecule has 166 valence electrons. The van der Waals surface area contributed by atoms with Crippen LogP contribution in [-0.4, -0.2) is 46.6 Å². The van der Waals surface area contributed by atoms with Crippen molar-refractivity contribution in [3.63, 3.8) is 0 Å². The Bertz CT molecular complexity index is 949. The average Bonchev–Trinajstić information content (AvgIpc) is 3.50. The number of aryl methyl sites for hydroxylation is 1. The highest BCUT2D eigenvalue weighted by molar-refractivity contribution is 5.95. The monoisotopic (exact) mass is 435 g/mol. The van der Waals surface area contributed by atoms with E-state index in [-0.39, 0.29) is 30.1 Å². The number of piperidine rings is 1. The minimum Gasteiger partial charge on any atom is -0.491 e. The Morgan fingerprint density at radius 3 is 2.65 bits per heavy atom. The van der Waals surface area contributed by atoms with E-state index in [1.54, 1.807) is 17.0 Å². The lowest BCUT2D eigenvalue weighted by Crippen LogP contribution is -2.48. The smallest absolute Gasteiger partial charge is 0.417 e. The second-order valence-corrected chi connectivity index (χ2v) is 8.03. The fourth-order valence-electron chi connectivity index (χ4n) is 4.03. The number of hydrogen-bond acceptors (Lipinski definition) is 5. The van der Waals surface area contributed by atoms with Gasteiger partial charge in [-0.2, -0.15) is 13.2 Å². The fourth-order valence-corrected chi connectivity index (χ4v) is 4.03. The minimum absolute atomic E-state index is 0.0991. The standard InChI is InChI=1S/C22H24F3N3O3/c1-3-30-18-6-4-13(2)27-20(18)21(29)28-11-15-8-14(15)9-17(28)12-31-19-7-5-16(10-26-19)22(23,24)25/h4-7,10,14-15,17H,3,8-9,11-12H2,1-2H3/t14?,15-,17-/m0/s1. The number of pyridine rings is 2. The molecule has 9 heteroatoms. The average molecular weight is 435 g/mol. The van der Waals surface area contributed by atoms with E-state index in [1.807, 2.05) is 13.8 Å². The summed E-state index contributed by atoms with van der Waals surface area (Å²) in [6, 6.07) is 5.48. The predicted molar refractivity (Wildman–Crippen MR) is 106 cm³/mol. The van der Waals surface area contributed by atoms with Crippen molar-refractivity contribution in [1.82, 2.24) is 14.9 Å². The highest BCUT2D eigenvalue weighted by Crippen LogP contribution is 2.47. The highest BCUT2D eigenvalue weighted by Gasteiger charge is 2.48. The first kappa shape index (κ1) is 21.4. The van der Waals surface area contributed by atoms with Gasteiger partial charge in [0.05, 0.1) is 18.2 Å². The van der Waals surface area contributed by atoms with E-state index in [0.29, 0.717) is 30.7 Å². The number of likely N-dealkylation sites (tertiary alicyclic amines) is 1. The van der Waals surface area contributed by atoms with Gasteiger partial charge in [-0.05, 0) is 56.7 Å². The normalized spacial score (nSPS) is 22.6. The Morgan fingerprint density at radius 1 is 1.16 bits per heavy atom. The molecule has 6 nitrogen and oxygen atoms in total. The van der Waals surface area contributed by atoms with Crippen LogP contribution in [0.15, 0.2) is 30.5 Å². The van der Waals surface area contributed by atoms with E-state index in [1.165, 1.54) is 6.07 Å². The molecule has 31 heavy (non-hydrogen) atoms. The van der Waals surface area contributed by atoms with E-state index in [9.17, 15) is 18.0 Å². The maximum absolute atomic E-state index is 13.4. The van der Waals surface area contributed by atoms with Crippen LogP contribution in [0.25, 0.3) is 0 Å². The maximum Gasteiger partial charge on any atom is 0.417 e. The van der Waals surface area contributed by atoms with Crippen molar-refractivity contribution in [2.75, 3.05) is 19.8 Å². The highest BCUT2D eigenvalue weighted by atomic mass is 19.4. The van der Waals surface area contributed by atoms with Crippen molar-refractivity contribution in [1.29, 1.82) is 0 Å². The summed E-state index contributed by atoms with van der Waals surface area (Å²) in [5.41, 5.74) is 0.164. The van der Waals surface area contributed by atoms with Gasteiger partial charge in [0.2, 0.25) is 5.88 Å². The largest absolute Gasteiger partial charge is 0.491 e. The lowest BCUT2D eigenvalue weighted by Gasteiger charge is -2.35. The summed E-state index contributed by atoms with van der Waals surface area (Å²) >= 11 is 0. The number of amides is 1. The van der Waals surface area contributed by atoms with Crippen LogP contribution < -0.4 is 9.47 Å². The molecule has 3 heterocycles. The van der Waals surface area contributed by atoms with Crippen LogP contribution in [0.5, 0.6) is 11.6 Å². The Hall–Kier alpha value is -2.84. The summed E-state index contributed by atoms with van der Waals surface area (Å²) in [5.74, 6) is 1.35. The zero-order valence-electron chi connectivity index (χ0n) is 17.4. The molecule has 2 aliphatic rings. The van der Waals surface area contributed by atoms with Gasteiger partial charge in [0.25, 0.3) is 5.91 Å². The molecule has 0 aromatic carbocycles. The van der Waals surface area contributed by atoms with Crippen LogP contribution in [0.2, 0.25) is 0 Å². The van der Waals surface area contributed by atoms with Gasteiger partial charge in [0.1, 0.15) is 6.61 Å². The van der Waals surface area contributed by atoms with E-state index < -0.39 is 11.7 Å². The molecule has 2 aromatic rings. The predicted octanol–water partition coefficient (Wildman–Crippen LogP) is 4.13. The maximum atomic E-state index is 13.4. The van der Waals surface area contributed by atoms with Gasteiger partial charge in [-0.15, -0.1) is 0 Å². The summed E-state index contributed by atoms with van der Waals surface area (Å²) in [5, 5.41) is 0. The molecule has 1 saturated carbocycles. The fraction of sp³-hybridized carbons (Fsp3) is 0.500. The van der Waals surface area contributed by atoms with Crippen LogP contribution in [0, 0.1) is 18.8 Å². The molecule has 1 aliphatic carbocycles. The van der Waals surface area contributed by atoms with Crippen molar-refractivity contribution >= 4 is 5.91 Å². The van der Waals surface area contributed by atoms with Gasteiger partial charge in [-0.1, -0.05) is 0 Å². The summed E-state index contributed by atoms with van der Waals surface area (Å²) in [6.07, 6.45) is -1.84. The van der Waals surface area contributed by atoms with Crippen molar-refractivity contribution in [3.8, 4) is 11.6 Å². The zero-order valence-corrected chi connectivity index (χ0v) is 17.4. The third-order valence-corrected chi connectivity index (χ3v) is 5.76. The first-order valence-corrected chi connectivity index (χ1v) is 10.3. The number of fused-ring (bicyclic) bond motifs is 1. The molecule has 1 amide bonds.